The lowest BCUT2D eigenvalue weighted by Crippen LogP contribution is -2.23. The van der Waals surface area contributed by atoms with Crippen LogP contribution in [0.4, 0.5) is 14.5 Å². The molecule has 1 aromatic carbocycles. The van der Waals surface area contributed by atoms with Crippen molar-refractivity contribution in [3.8, 4) is 5.75 Å². The third-order valence-electron chi connectivity index (χ3n) is 3.62. The molecular weight excluding hydrogens is 444 g/mol. The summed E-state index contributed by atoms with van der Waals surface area (Å²) in [6.07, 6.45) is 1.58. The van der Waals surface area contributed by atoms with Crippen LogP contribution in [0.2, 0.25) is 5.02 Å². The predicted octanol–water partition coefficient (Wildman–Crippen LogP) is 4.63. The summed E-state index contributed by atoms with van der Waals surface area (Å²) < 4.78 is 30.3. The molecule has 0 atom stereocenters. The van der Waals surface area contributed by atoms with E-state index in [2.05, 4.69) is 21.6 Å². The highest BCUT2D eigenvalue weighted by atomic mass is 35.5. The minimum absolute atomic E-state index is 0.0205. The molecule has 3 aromatic rings. The number of anilines is 1. The third-order valence-corrected chi connectivity index (χ3v) is 5.70. The summed E-state index contributed by atoms with van der Waals surface area (Å²) >= 11 is 8.32. The number of fused-ring (bicyclic) bond motifs is 1. The number of nitrogens with one attached hydrogen (secondary N) is 1. The van der Waals surface area contributed by atoms with Gasteiger partial charge in [0.25, 0.3) is 5.56 Å². The van der Waals surface area contributed by atoms with E-state index in [9.17, 15) is 18.4 Å². The van der Waals surface area contributed by atoms with Crippen LogP contribution >= 0.6 is 34.7 Å². The van der Waals surface area contributed by atoms with Gasteiger partial charge in [0.2, 0.25) is 5.91 Å². The van der Waals surface area contributed by atoms with Crippen LogP contribution in [0.3, 0.4) is 0 Å². The van der Waals surface area contributed by atoms with Gasteiger partial charge in [0.1, 0.15) is 10.6 Å². The number of alkyl halides is 2. The second-order valence-electron chi connectivity index (χ2n) is 5.60. The predicted molar refractivity (Wildman–Crippen MR) is 112 cm³/mol. The van der Waals surface area contributed by atoms with Crippen molar-refractivity contribution in [1.29, 1.82) is 0 Å². The number of rotatable bonds is 8. The third kappa shape index (κ3) is 5.14. The fraction of sp³-hybridized carbons (Fsp3) is 0.167. The molecule has 0 fully saturated rings. The van der Waals surface area contributed by atoms with E-state index in [0.29, 0.717) is 21.1 Å². The first-order chi connectivity index (χ1) is 13.9. The molecule has 0 aliphatic heterocycles. The Labute approximate surface area is 177 Å². The maximum Gasteiger partial charge on any atom is 0.387 e. The summed E-state index contributed by atoms with van der Waals surface area (Å²) in [6, 6.07) is 5.66. The van der Waals surface area contributed by atoms with Gasteiger partial charge in [-0.05, 0) is 29.6 Å². The highest BCUT2D eigenvalue weighted by Crippen LogP contribution is 2.29. The number of ether oxygens (including phenoxy) is 1. The van der Waals surface area contributed by atoms with Crippen molar-refractivity contribution < 1.29 is 18.3 Å². The van der Waals surface area contributed by atoms with Gasteiger partial charge in [0, 0.05) is 12.2 Å². The Bertz CT molecular complexity index is 1120. The lowest BCUT2D eigenvalue weighted by atomic mass is 10.3. The van der Waals surface area contributed by atoms with Gasteiger partial charge in [-0.15, -0.1) is 17.9 Å². The smallest absolute Gasteiger partial charge is 0.387 e. The van der Waals surface area contributed by atoms with Crippen molar-refractivity contribution in [1.82, 2.24) is 9.55 Å². The SMILES string of the molecule is C=CCn1c(SCC(=O)Nc2ccc(OC(F)F)c(Cl)c2)nc2sccc2c1=O. The number of aromatic nitrogens is 2. The molecule has 0 aliphatic rings. The van der Waals surface area contributed by atoms with Gasteiger partial charge in [-0.1, -0.05) is 29.4 Å². The Morgan fingerprint density at radius 1 is 1.45 bits per heavy atom. The summed E-state index contributed by atoms with van der Waals surface area (Å²) in [7, 11) is 0. The van der Waals surface area contributed by atoms with Crippen LogP contribution in [0.15, 0.2) is 52.3 Å². The molecule has 0 radical (unpaired) electrons. The first-order valence-corrected chi connectivity index (χ1v) is 10.4. The average molecular weight is 458 g/mol. The van der Waals surface area contributed by atoms with E-state index < -0.39 is 6.61 Å². The Balaban J connectivity index is 1.71. The van der Waals surface area contributed by atoms with Crippen LogP contribution in [0.5, 0.6) is 5.75 Å². The molecule has 3 rings (SSSR count). The number of carbonyl (C=O) groups excluding carboxylic acids is 1. The Hall–Kier alpha value is -2.43. The summed E-state index contributed by atoms with van der Waals surface area (Å²) in [5.41, 5.74) is 0.132. The number of amides is 1. The maximum atomic E-state index is 12.6. The van der Waals surface area contributed by atoms with Crippen molar-refractivity contribution >= 4 is 56.5 Å². The number of thioether (sulfide) groups is 1. The van der Waals surface area contributed by atoms with E-state index in [4.69, 9.17) is 11.6 Å². The molecule has 0 aliphatic carbocycles. The maximum absolute atomic E-state index is 12.6. The minimum Gasteiger partial charge on any atom is -0.433 e. The number of thiophene rings is 1. The van der Waals surface area contributed by atoms with Gasteiger partial charge in [-0.3, -0.25) is 14.2 Å². The first-order valence-electron chi connectivity index (χ1n) is 8.15. The van der Waals surface area contributed by atoms with E-state index >= 15 is 0 Å². The van der Waals surface area contributed by atoms with E-state index in [0.717, 1.165) is 11.8 Å². The van der Waals surface area contributed by atoms with Crippen molar-refractivity contribution in [2.45, 2.75) is 18.3 Å². The zero-order valence-electron chi connectivity index (χ0n) is 14.7. The second-order valence-corrected chi connectivity index (χ2v) is 7.84. The van der Waals surface area contributed by atoms with Gasteiger partial charge >= 0.3 is 6.61 Å². The zero-order chi connectivity index (χ0) is 21.0. The van der Waals surface area contributed by atoms with Crippen LogP contribution in [-0.2, 0) is 11.3 Å². The van der Waals surface area contributed by atoms with Crippen LogP contribution in [0.25, 0.3) is 10.2 Å². The van der Waals surface area contributed by atoms with E-state index in [-0.39, 0.29) is 34.5 Å². The van der Waals surface area contributed by atoms with Crippen molar-refractivity contribution in [3.63, 3.8) is 0 Å². The van der Waals surface area contributed by atoms with Crippen LogP contribution < -0.4 is 15.6 Å². The van der Waals surface area contributed by atoms with Gasteiger partial charge in [0.05, 0.1) is 16.2 Å². The Kier molecular flexibility index (Phi) is 6.88. The number of allylic oxidation sites excluding steroid dienone is 1. The number of carbonyl (C=O) groups is 1. The van der Waals surface area contributed by atoms with Gasteiger partial charge in [0.15, 0.2) is 5.16 Å². The van der Waals surface area contributed by atoms with Crippen molar-refractivity contribution in [2.24, 2.45) is 0 Å². The Morgan fingerprint density at radius 2 is 2.24 bits per heavy atom. The van der Waals surface area contributed by atoms with E-state index in [1.807, 2.05) is 0 Å². The molecule has 0 saturated carbocycles. The first kappa shape index (κ1) is 21.3. The number of halogens is 3. The van der Waals surface area contributed by atoms with Crippen molar-refractivity contribution in [2.75, 3.05) is 11.1 Å². The van der Waals surface area contributed by atoms with E-state index in [1.165, 1.54) is 34.1 Å². The number of benzene rings is 1. The Morgan fingerprint density at radius 3 is 2.93 bits per heavy atom. The van der Waals surface area contributed by atoms with Crippen LogP contribution in [-0.4, -0.2) is 27.8 Å². The lowest BCUT2D eigenvalue weighted by molar-refractivity contribution is -0.113. The molecule has 152 valence electrons. The normalized spacial score (nSPS) is 11.0. The molecule has 2 aromatic heterocycles. The fourth-order valence-electron chi connectivity index (χ4n) is 2.43. The summed E-state index contributed by atoms with van der Waals surface area (Å²) in [6.45, 7) is 0.919. The largest absolute Gasteiger partial charge is 0.433 e. The minimum atomic E-state index is -2.99. The van der Waals surface area contributed by atoms with E-state index in [1.54, 1.807) is 17.5 Å². The molecule has 0 spiro atoms. The van der Waals surface area contributed by atoms with Gasteiger partial charge < -0.3 is 10.1 Å². The number of hydrogen-bond acceptors (Lipinski definition) is 6. The molecule has 2 heterocycles. The van der Waals surface area contributed by atoms with Crippen LogP contribution in [0.1, 0.15) is 0 Å². The topological polar surface area (TPSA) is 73.2 Å². The molecule has 11 heteroatoms. The number of hydrogen-bond donors (Lipinski definition) is 1. The average Bonchev–Trinajstić information content (AvgIpc) is 3.13. The highest BCUT2D eigenvalue weighted by molar-refractivity contribution is 7.99. The number of nitrogens with zero attached hydrogens (tertiary/aromatic N) is 2. The molecule has 1 amide bonds. The van der Waals surface area contributed by atoms with Crippen molar-refractivity contribution in [3.05, 3.63) is 57.7 Å². The monoisotopic (exact) mass is 457 g/mol. The molecule has 29 heavy (non-hydrogen) atoms. The van der Waals surface area contributed by atoms with Gasteiger partial charge in [-0.2, -0.15) is 8.78 Å². The summed E-state index contributed by atoms with van der Waals surface area (Å²) in [4.78, 5) is 29.9. The quantitative estimate of drug-likeness (QED) is 0.303. The van der Waals surface area contributed by atoms with Crippen LogP contribution in [0, 0.1) is 0 Å². The molecule has 0 bridgehead atoms. The summed E-state index contributed by atoms with van der Waals surface area (Å²) in [5, 5.41) is 5.26. The zero-order valence-corrected chi connectivity index (χ0v) is 17.1. The molecule has 0 saturated heterocycles. The highest BCUT2D eigenvalue weighted by Gasteiger charge is 2.14. The van der Waals surface area contributed by atoms with Gasteiger partial charge in [-0.25, -0.2) is 4.98 Å². The summed E-state index contributed by atoms with van der Waals surface area (Å²) in [5.74, 6) is -0.580. The lowest BCUT2D eigenvalue weighted by Gasteiger charge is -2.11. The molecule has 0 unspecified atom stereocenters. The fourth-order valence-corrected chi connectivity index (χ4v) is 4.27. The molecular formula is C18H14ClF2N3O3S2. The standard InChI is InChI=1S/C18H14ClF2N3O3S2/c1-2-6-24-16(26)11-5-7-28-15(11)23-18(24)29-9-14(25)22-10-3-4-13(12(19)8-10)27-17(20)21/h2-5,7-8,17H,1,6,9H2,(H,22,25). The second kappa shape index (κ2) is 9.38. The molecule has 6 nitrogen and oxygen atoms in total. The molecule has 1 N–H and O–H groups in total.